The first-order valence-electron chi connectivity index (χ1n) is 4.75. The molecular formula is C12H13ClO2. The minimum Gasteiger partial charge on any atom is -0.478 e. The predicted molar refractivity (Wildman–Crippen MR) is 62.0 cm³/mol. The molecule has 0 bridgehead atoms. The van der Waals surface area contributed by atoms with Gasteiger partial charge < -0.3 is 5.11 Å². The fourth-order valence-electron chi connectivity index (χ4n) is 1.49. The number of carboxylic acid groups (broad SMARTS) is 1. The van der Waals surface area contributed by atoms with Crippen molar-refractivity contribution in [3.8, 4) is 0 Å². The number of allylic oxidation sites excluding steroid dienone is 1. The van der Waals surface area contributed by atoms with Crippen molar-refractivity contribution in [2.45, 2.75) is 20.3 Å². The van der Waals surface area contributed by atoms with Crippen LogP contribution in [0.15, 0.2) is 29.8 Å². The molecule has 0 fully saturated rings. The summed E-state index contributed by atoms with van der Waals surface area (Å²) < 4.78 is 0. The zero-order valence-corrected chi connectivity index (χ0v) is 9.51. The van der Waals surface area contributed by atoms with Crippen LogP contribution in [0.1, 0.15) is 25.8 Å². The first kappa shape index (κ1) is 11.8. The van der Waals surface area contributed by atoms with Crippen molar-refractivity contribution in [1.82, 2.24) is 0 Å². The van der Waals surface area contributed by atoms with Gasteiger partial charge in [0.1, 0.15) is 0 Å². The largest absolute Gasteiger partial charge is 0.478 e. The van der Waals surface area contributed by atoms with Crippen molar-refractivity contribution >= 4 is 23.1 Å². The Balaban J connectivity index is 3.31. The molecule has 0 amide bonds. The lowest BCUT2D eigenvalue weighted by Crippen LogP contribution is -2.00. The standard InChI is InChI=1S/C12H13ClO2/c1-3-9(8(2)12(14)15)10-6-4-5-7-11(10)13/h4-7H,3H2,1-2H3,(H,14,15). The maximum Gasteiger partial charge on any atom is 0.331 e. The molecule has 0 atom stereocenters. The molecule has 1 N–H and O–H groups in total. The third-order valence-corrected chi connectivity index (χ3v) is 2.66. The van der Waals surface area contributed by atoms with Crippen molar-refractivity contribution in [3.05, 3.63) is 40.4 Å². The Morgan fingerprint density at radius 2 is 2.00 bits per heavy atom. The Morgan fingerprint density at radius 1 is 1.40 bits per heavy atom. The number of aliphatic carboxylic acids is 1. The number of carbonyl (C=O) groups is 1. The topological polar surface area (TPSA) is 37.3 Å². The fraction of sp³-hybridized carbons (Fsp3) is 0.250. The Labute approximate surface area is 94.2 Å². The first-order valence-corrected chi connectivity index (χ1v) is 5.13. The number of hydrogen-bond acceptors (Lipinski definition) is 1. The van der Waals surface area contributed by atoms with Crippen LogP contribution in [-0.2, 0) is 4.79 Å². The van der Waals surface area contributed by atoms with E-state index in [0.29, 0.717) is 17.0 Å². The van der Waals surface area contributed by atoms with E-state index in [1.54, 1.807) is 13.0 Å². The third kappa shape index (κ3) is 2.60. The van der Waals surface area contributed by atoms with Crippen LogP contribution >= 0.6 is 11.6 Å². The van der Waals surface area contributed by atoms with Gasteiger partial charge in [-0.15, -0.1) is 0 Å². The summed E-state index contributed by atoms with van der Waals surface area (Å²) >= 11 is 6.02. The minimum absolute atomic E-state index is 0.352. The number of benzene rings is 1. The molecule has 2 nitrogen and oxygen atoms in total. The molecule has 0 saturated carbocycles. The van der Waals surface area contributed by atoms with Gasteiger partial charge in [-0.25, -0.2) is 4.79 Å². The van der Waals surface area contributed by atoms with Crippen molar-refractivity contribution in [2.75, 3.05) is 0 Å². The van der Waals surface area contributed by atoms with E-state index in [0.717, 1.165) is 11.1 Å². The van der Waals surface area contributed by atoms with E-state index >= 15 is 0 Å². The summed E-state index contributed by atoms with van der Waals surface area (Å²) in [5, 5.41) is 9.53. The van der Waals surface area contributed by atoms with Gasteiger partial charge in [0, 0.05) is 10.6 Å². The molecular weight excluding hydrogens is 212 g/mol. The van der Waals surface area contributed by atoms with Crippen LogP contribution in [0, 0.1) is 0 Å². The molecule has 0 aliphatic rings. The van der Waals surface area contributed by atoms with Crippen molar-refractivity contribution in [2.24, 2.45) is 0 Å². The molecule has 80 valence electrons. The van der Waals surface area contributed by atoms with Gasteiger partial charge in [0.15, 0.2) is 0 Å². The molecule has 0 aliphatic heterocycles. The van der Waals surface area contributed by atoms with E-state index in [-0.39, 0.29) is 0 Å². The average molecular weight is 225 g/mol. The van der Waals surface area contributed by atoms with Gasteiger partial charge in [-0.3, -0.25) is 0 Å². The highest BCUT2D eigenvalue weighted by molar-refractivity contribution is 6.32. The van der Waals surface area contributed by atoms with Gasteiger partial charge in [0.05, 0.1) is 0 Å². The molecule has 3 heteroatoms. The quantitative estimate of drug-likeness (QED) is 0.797. The Morgan fingerprint density at radius 3 is 2.47 bits per heavy atom. The van der Waals surface area contributed by atoms with Crippen LogP contribution in [0.3, 0.4) is 0 Å². The number of halogens is 1. The minimum atomic E-state index is -0.897. The summed E-state index contributed by atoms with van der Waals surface area (Å²) in [6.07, 6.45) is 0.655. The van der Waals surface area contributed by atoms with Crippen molar-refractivity contribution < 1.29 is 9.90 Å². The average Bonchev–Trinajstić information content (AvgIpc) is 2.21. The van der Waals surface area contributed by atoms with Crippen LogP contribution < -0.4 is 0 Å². The Kier molecular flexibility index (Phi) is 3.92. The zero-order valence-electron chi connectivity index (χ0n) is 8.75. The molecule has 0 unspecified atom stereocenters. The van der Waals surface area contributed by atoms with Crippen LogP contribution in [0.5, 0.6) is 0 Å². The van der Waals surface area contributed by atoms with Crippen molar-refractivity contribution in [3.63, 3.8) is 0 Å². The van der Waals surface area contributed by atoms with Crippen LogP contribution in [0.25, 0.3) is 5.57 Å². The summed E-state index contributed by atoms with van der Waals surface area (Å²) in [5.41, 5.74) is 1.94. The molecule has 1 rings (SSSR count). The molecule has 15 heavy (non-hydrogen) atoms. The van der Waals surface area contributed by atoms with E-state index in [4.69, 9.17) is 16.7 Å². The number of rotatable bonds is 3. The first-order chi connectivity index (χ1) is 7.07. The maximum atomic E-state index is 10.9. The second-order valence-electron chi connectivity index (χ2n) is 3.24. The van der Waals surface area contributed by atoms with Gasteiger partial charge in [-0.1, -0.05) is 36.7 Å². The summed E-state index contributed by atoms with van der Waals surface area (Å²) in [4.78, 5) is 10.9. The van der Waals surface area contributed by atoms with Crippen molar-refractivity contribution in [1.29, 1.82) is 0 Å². The lowest BCUT2D eigenvalue weighted by molar-refractivity contribution is -0.132. The monoisotopic (exact) mass is 224 g/mol. The molecule has 0 heterocycles. The molecule has 0 radical (unpaired) electrons. The number of hydrogen-bond donors (Lipinski definition) is 1. The Hall–Kier alpha value is -1.28. The van der Waals surface area contributed by atoms with Crippen LogP contribution in [0.2, 0.25) is 5.02 Å². The zero-order chi connectivity index (χ0) is 11.4. The van der Waals surface area contributed by atoms with Gasteiger partial charge in [0.25, 0.3) is 0 Å². The third-order valence-electron chi connectivity index (χ3n) is 2.33. The molecule has 0 spiro atoms. The van der Waals surface area contributed by atoms with Crippen LogP contribution in [0.4, 0.5) is 0 Å². The number of carboxylic acids is 1. The second-order valence-corrected chi connectivity index (χ2v) is 3.65. The lowest BCUT2D eigenvalue weighted by Gasteiger charge is -2.09. The highest BCUT2D eigenvalue weighted by Crippen LogP contribution is 2.28. The second kappa shape index (κ2) is 4.99. The van der Waals surface area contributed by atoms with E-state index in [1.807, 2.05) is 25.1 Å². The molecule has 1 aromatic carbocycles. The Bertz CT molecular complexity index is 408. The molecule has 0 aliphatic carbocycles. The SMILES string of the molecule is CCC(=C(C)C(=O)O)c1ccccc1Cl. The molecule has 0 saturated heterocycles. The maximum absolute atomic E-state index is 10.9. The van der Waals surface area contributed by atoms with E-state index in [1.165, 1.54) is 0 Å². The highest BCUT2D eigenvalue weighted by Gasteiger charge is 2.11. The summed E-state index contributed by atoms with van der Waals surface area (Å²) in [6, 6.07) is 7.29. The highest BCUT2D eigenvalue weighted by atomic mass is 35.5. The smallest absolute Gasteiger partial charge is 0.331 e. The summed E-state index contributed by atoms with van der Waals surface area (Å²) in [6.45, 7) is 3.52. The summed E-state index contributed by atoms with van der Waals surface area (Å²) in [5.74, 6) is -0.897. The summed E-state index contributed by atoms with van der Waals surface area (Å²) in [7, 11) is 0. The van der Waals surface area contributed by atoms with Gasteiger partial charge >= 0.3 is 5.97 Å². The predicted octanol–water partition coefficient (Wildman–Crippen LogP) is 3.61. The van der Waals surface area contributed by atoms with Gasteiger partial charge in [0.2, 0.25) is 0 Å². The van der Waals surface area contributed by atoms with E-state index in [2.05, 4.69) is 0 Å². The van der Waals surface area contributed by atoms with E-state index < -0.39 is 5.97 Å². The fourth-order valence-corrected chi connectivity index (χ4v) is 1.74. The van der Waals surface area contributed by atoms with Crippen LogP contribution in [-0.4, -0.2) is 11.1 Å². The van der Waals surface area contributed by atoms with Gasteiger partial charge in [-0.2, -0.15) is 0 Å². The molecule has 0 aromatic heterocycles. The lowest BCUT2D eigenvalue weighted by atomic mass is 9.98. The normalized spacial score (nSPS) is 12.2. The molecule has 1 aromatic rings. The van der Waals surface area contributed by atoms with Gasteiger partial charge in [-0.05, 0) is 30.5 Å². The van der Waals surface area contributed by atoms with E-state index in [9.17, 15) is 4.79 Å².